The average Bonchev–Trinajstić information content (AvgIpc) is 2.06. The zero-order valence-electron chi connectivity index (χ0n) is 6.17. The van der Waals surface area contributed by atoms with Crippen LogP contribution < -0.4 is 0 Å². The van der Waals surface area contributed by atoms with Gasteiger partial charge in [0.05, 0.1) is 16.1 Å². The fourth-order valence-corrected chi connectivity index (χ4v) is 1.37. The highest BCUT2D eigenvalue weighted by atomic mass is 79.9. The lowest BCUT2D eigenvalue weighted by Crippen LogP contribution is -2.42. The Morgan fingerprint density at radius 2 is 1.91 bits per heavy atom. The number of nitrogens with zero attached hydrogens (tertiary/aromatic N) is 2. The molecule has 0 aromatic carbocycles. The van der Waals surface area contributed by atoms with Crippen molar-refractivity contribution in [2.24, 2.45) is 0 Å². The van der Waals surface area contributed by atoms with Gasteiger partial charge >= 0.3 is 6.03 Å². The summed E-state index contributed by atoms with van der Waals surface area (Å²) >= 11 is 2.80. The molecule has 1 heterocycles. The summed E-state index contributed by atoms with van der Waals surface area (Å²) in [5.41, 5.74) is -0.944. The smallest absolute Gasteiger partial charge is 0.324 e. The Morgan fingerprint density at radius 1 is 1.45 bits per heavy atom. The van der Waals surface area contributed by atoms with Gasteiger partial charge in [-0.3, -0.25) is 4.79 Å². The van der Waals surface area contributed by atoms with Crippen LogP contribution in [0.2, 0.25) is 0 Å². The quantitative estimate of drug-likeness (QED) is 0.335. The second kappa shape index (κ2) is 2.23. The summed E-state index contributed by atoms with van der Waals surface area (Å²) in [6.07, 6.45) is 0. The Morgan fingerprint density at radius 3 is 2.00 bits per heavy atom. The highest BCUT2D eigenvalue weighted by Crippen LogP contribution is 2.27. The topological polar surface area (TPSA) is 40.6 Å². The molecule has 3 amide bonds. The van der Waals surface area contributed by atoms with Gasteiger partial charge in [0.25, 0.3) is 5.91 Å². The maximum atomic E-state index is 11.2. The Balaban J connectivity index is 3.06. The van der Waals surface area contributed by atoms with Crippen LogP contribution in [0, 0.1) is 0 Å². The normalized spacial score (nSPS) is 23.2. The molecule has 0 aromatic heterocycles. The molecule has 6 heteroatoms. The van der Waals surface area contributed by atoms with E-state index in [1.807, 2.05) is 0 Å². The molecule has 4 nitrogen and oxygen atoms in total. The number of carbonyl (C=O) groups is 2. The minimum atomic E-state index is -0.944. The van der Waals surface area contributed by atoms with E-state index in [2.05, 4.69) is 16.1 Å². The van der Waals surface area contributed by atoms with E-state index in [-0.39, 0.29) is 5.91 Å². The third kappa shape index (κ3) is 0.963. The van der Waals surface area contributed by atoms with Gasteiger partial charge in [-0.1, -0.05) is 0 Å². The molecule has 0 unspecified atom stereocenters. The second-order valence-corrected chi connectivity index (χ2v) is 3.51. The van der Waals surface area contributed by atoms with Crippen molar-refractivity contribution in [3.8, 4) is 0 Å². The maximum absolute atomic E-state index is 11.2. The lowest BCUT2D eigenvalue weighted by Gasteiger charge is -2.23. The van der Waals surface area contributed by atoms with E-state index in [4.69, 9.17) is 7.98 Å². The Labute approximate surface area is 74.3 Å². The second-order valence-electron chi connectivity index (χ2n) is 2.80. The highest BCUT2D eigenvalue weighted by molar-refractivity contribution is 9.08. The van der Waals surface area contributed by atoms with Gasteiger partial charge in [0.2, 0.25) is 7.98 Å². The van der Waals surface area contributed by atoms with Gasteiger partial charge in [0, 0.05) is 0 Å². The molecule has 58 valence electrons. The minimum Gasteiger partial charge on any atom is -0.365 e. The van der Waals surface area contributed by atoms with Gasteiger partial charge in [0.1, 0.15) is 5.54 Å². The van der Waals surface area contributed by atoms with Crippen LogP contribution in [0.15, 0.2) is 0 Å². The highest BCUT2D eigenvalue weighted by Gasteiger charge is 2.47. The summed E-state index contributed by atoms with van der Waals surface area (Å²) in [6.45, 7) is 3.16. The number of rotatable bonds is 0. The maximum Gasteiger partial charge on any atom is 0.324 e. The van der Waals surface area contributed by atoms with Crippen molar-refractivity contribution in [1.29, 1.82) is 0 Å². The molecule has 0 spiro atoms. The summed E-state index contributed by atoms with van der Waals surface area (Å²) < 4.78 is 0.826. The summed E-state index contributed by atoms with van der Waals surface area (Å²) in [5, 5.41) is 0. The van der Waals surface area contributed by atoms with E-state index in [1.54, 1.807) is 13.8 Å². The van der Waals surface area contributed by atoms with Crippen molar-refractivity contribution in [3.63, 3.8) is 0 Å². The van der Waals surface area contributed by atoms with E-state index in [0.717, 1.165) is 8.74 Å². The van der Waals surface area contributed by atoms with E-state index >= 15 is 0 Å². The van der Waals surface area contributed by atoms with E-state index in [0.29, 0.717) is 0 Å². The van der Waals surface area contributed by atoms with Gasteiger partial charge in [-0.05, 0) is 13.8 Å². The number of imide groups is 1. The fraction of sp³-hybridized carbons (Fsp3) is 0.600. The van der Waals surface area contributed by atoms with Gasteiger partial charge in [-0.25, -0.2) is 4.79 Å². The van der Waals surface area contributed by atoms with Gasteiger partial charge in [0.15, 0.2) is 0 Å². The number of hydrogen-bond donors (Lipinski definition) is 0. The van der Waals surface area contributed by atoms with Crippen LogP contribution >= 0.6 is 16.1 Å². The fourth-order valence-electron chi connectivity index (χ4n) is 0.764. The standard InChI is InChI=1S/C5H6BBrN2O2/c1-5(2)3(10)8(7)4(11)9(5)6/h1-2H3. The van der Waals surface area contributed by atoms with Crippen LogP contribution in [0.4, 0.5) is 4.79 Å². The number of hydrogen-bond acceptors (Lipinski definition) is 2. The molecular formula is C5H6BBrN2O2. The number of carbonyl (C=O) groups excluding carboxylic acids is 2. The molecule has 1 aliphatic heterocycles. The largest absolute Gasteiger partial charge is 0.365 e. The Hall–Kier alpha value is -0.515. The van der Waals surface area contributed by atoms with Crippen molar-refractivity contribution < 1.29 is 9.59 Å². The summed E-state index contributed by atoms with van der Waals surface area (Å²) in [6, 6.07) is -0.542. The monoisotopic (exact) mass is 216 g/mol. The van der Waals surface area contributed by atoms with Crippen molar-refractivity contribution in [2.75, 3.05) is 0 Å². The van der Waals surface area contributed by atoms with Gasteiger partial charge in [-0.2, -0.15) is 3.93 Å². The number of urea groups is 1. The zero-order chi connectivity index (χ0) is 8.81. The minimum absolute atomic E-state index is 0.356. The zero-order valence-corrected chi connectivity index (χ0v) is 7.75. The van der Waals surface area contributed by atoms with Crippen molar-refractivity contribution in [3.05, 3.63) is 0 Å². The van der Waals surface area contributed by atoms with Crippen LogP contribution in [0.3, 0.4) is 0 Å². The molecule has 0 atom stereocenters. The first kappa shape index (κ1) is 8.58. The lowest BCUT2D eigenvalue weighted by atomic mass is 10.0. The molecule has 1 rings (SSSR count). The van der Waals surface area contributed by atoms with Gasteiger partial charge in [-0.15, -0.1) is 0 Å². The number of halogens is 1. The van der Waals surface area contributed by atoms with Crippen LogP contribution in [-0.2, 0) is 4.79 Å². The van der Waals surface area contributed by atoms with Crippen LogP contribution in [-0.4, -0.2) is 34.2 Å². The van der Waals surface area contributed by atoms with Gasteiger partial charge < -0.3 is 4.81 Å². The third-order valence-corrected chi connectivity index (χ3v) is 2.30. The first-order chi connectivity index (χ1) is 4.89. The van der Waals surface area contributed by atoms with E-state index < -0.39 is 11.6 Å². The molecule has 0 N–H and O–H groups in total. The van der Waals surface area contributed by atoms with Crippen molar-refractivity contribution in [2.45, 2.75) is 19.4 Å². The predicted molar refractivity (Wildman–Crippen MR) is 42.8 cm³/mol. The van der Waals surface area contributed by atoms with E-state index in [1.165, 1.54) is 0 Å². The molecule has 2 radical (unpaired) electrons. The summed E-state index contributed by atoms with van der Waals surface area (Å²) in [5.74, 6) is -0.356. The molecule has 0 aliphatic carbocycles. The predicted octanol–water partition coefficient (Wildman–Crippen LogP) is 0.423. The Kier molecular flexibility index (Phi) is 1.74. The average molecular weight is 217 g/mol. The molecule has 0 aromatic rings. The molecular weight excluding hydrogens is 211 g/mol. The first-order valence-corrected chi connectivity index (χ1v) is 3.69. The van der Waals surface area contributed by atoms with Crippen LogP contribution in [0.25, 0.3) is 0 Å². The summed E-state index contributed by atoms with van der Waals surface area (Å²) in [7, 11) is 5.33. The Bertz CT molecular complexity index is 231. The molecule has 1 fully saturated rings. The van der Waals surface area contributed by atoms with Crippen LogP contribution in [0.1, 0.15) is 13.8 Å². The van der Waals surface area contributed by atoms with E-state index in [9.17, 15) is 9.59 Å². The molecule has 0 saturated carbocycles. The molecule has 1 aliphatic rings. The lowest BCUT2D eigenvalue weighted by molar-refractivity contribution is -0.127. The number of amides is 3. The van der Waals surface area contributed by atoms with Crippen molar-refractivity contribution >= 4 is 36.1 Å². The third-order valence-electron chi connectivity index (χ3n) is 1.68. The van der Waals surface area contributed by atoms with Crippen molar-refractivity contribution in [1.82, 2.24) is 8.74 Å². The van der Waals surface area contributed by atoms with Crippen LogP contribution in [0.5, 0.6) is 0 Å². The first-order valence-electron chi connectivity index (χ1n) is 2.98. The SMILES string of the molecule is [B]N1C(=O)N(Br)C(=O)C1(C)C. The molecule has 1 saturated heterocycles. The molecule has 11 heavy (non-hydrogen) atoms. The molecule has 0 bridgehead atoms. The summed E-state index contributed by atoms with van der Waals surface area (Å²) in [4.78, 5) is 23.1.